The monoisotopic (exact) mass is 944 g/mol. The molecular weight excluding hydrogens is 858 g/mol. The van der Waals surface area contributed by atoms with Gasteiger partial charge in [0, 0.05) is 0 Å². The van der Waals surface area contributed by atoms with Crippen LogP contribution < -0.4 is 5.79 Å². The van der Waals surface area contributed by atoms with E-state index in [-0.39, 0.29) is 0 Å². The van der Waals surface area contributed by atoms with Gasteiger partial charge in [0.05, 0.1) is 0 Å². The molecule has 0 saturated heterocycles. The molecule has 0 aliphatic rings. The summed E-state index contributed by atoms with van der Waals surface area (Å²) in [4.78, 5) is 26.3. The Morgan fingerprint density at radius 3 is 0.780 bits per heavy atom. The van der Waals surface area contributed by atoms with Crippen LogP contribution in [-0.2, 0) is 12.8 Å². The molecule has 2 aromatic rings. The van der Waals surface area contributed by atoms with Crippen molar-refractivity contribution in [2.45, 2.75) is 236 Å². The van der Waals surface area contributed by atoms with Crippen molar-refractivity contribution in [1.82, 2.24) is 9.97 Å². The summed E-state index contributed by atoms with van der Waals surface area (Å²) in [6.45, 7) is 4.62. The Morgan fingerprint density at radius 2 is 0.560 bits per heavy atom. The Kier molecular flexibility index (Phi) is 26.6. The van der Waals surface area contributed by atoms with Gasteiger partial charge in [0.15, 0.2) is 0 Å². The summed E-state index contributed by atoms with van der Waals surface area (Å²) in [5.41, 5.74) is 2.91. The first-order valence-electron chi connectivity index (χ1n) is 22.1. The van der Waals surface area contributed by atoms with E-state index in [0.29, 0.717) is 0 Å². The molecule has 0 aliphatic carbocycles. The van der Waals surface area contributed by atoms with Crippen LogP contribution in [0.25, 0.3) is 10.0 Å². The fourth-order valence-corrected chi connectivity index (χ4v) is 22.6. The molecule has 0 aliphatic heterocycles. The summed E-state index contributed by atoms with van der Waals surface area (Å²) < 4.78 is 3.40. The van der Waals surface area contributed by atoms with Gasteiger partial charge >= 0.3 is 255 Å². The number of nitrogens with zero attached hydrogens (tertiary/aromatic N) is 2. The second-order valence-corrected chi connectivity index (χ2v) is 50.4. The zero-order chi connectivity index (χ0) is 36.5. The van der Waals surface area contributed by atoms with Crippen LogP contribution in [0, 0.1) is 0 Å². The van der Waals surface area contributed by atoms with E-state index < -0.39 is 36.8 Å². The van der Waals surface area contributed by atoms with Crippen LogP contribution in [0.4, 0.5) is 0 Å². The van der Waals surface area contributed by atoms with Gasteiger partial charge in [-0.15, -0.1) is 0 Å². The first-order chi connectivity index (χ1) is 24.1. The summed E-state index contributed by atoms with van der Waals surface area (Å²) in [5, 5.41) is 2.50. The Morgan fingerprint density at radius 1 is 0.340 bits per heavy atom. The molecule has 0 saturated carbocycles. The van der Waals surface area contributed by atoms with Gasteiger partial charge in [-0.3, -0.25) is 0 Å². The minimum absolute atomic E-state index is 1.18. The first-order valence-corrected chi connectivity index (χ1v) is 43.7. The van der Waals surface area contributed by atoms with Crippen LogP contribution in [-0.4, -0.2) is 46.7 Å². The Labute approximate surface area is 329 Å². The van der Waals surface area contributed by atoms with E-state index in [9.17, 15) is 0 Å². The van der Waals surface area contributed by atoms with Crippen molar-refractivity contribution in [3.8, 4) is 10.0 Å². The van der Waals surface area contributed by atoms with E-state index in [1.54, 1.807) is 5.79 Å². The molecule has 6 heteroatoms. The van der Waals surface area contributed by atoms with Crippen LogP contribution in [0.1, 0.15) is 205 Å². The van der Waals surface area contributed by atoms with Crippen LogP contribution in [0.2, 0.25) is 29.6 Å². The van der Waals surface area contributed by atoms with Crippen molar-refractivity contribution < 1.29 is 0 Å². The van der Waals surface area contributed by atoms with Crippen molar-refractivity contribution >= 4 is 65.2 Å². The van der Waals surface area contributed by atoms with Gasteiger partial charge in [0.1, 0.15) is 0 Å². The van der Waals surface area contributed by atoms with E-state index in [2.05, 4.69) is 43.5 Å². The second kappa shape index (κ2) is 28.3. The number of hydrogen-bond donors (Lipinski definition) is 0. The van der Waals surface area contributed by atoms with E-state index in [1.807, 2.05) is 22.7 Å². The van der Waals surface area contributed by atoms with Crippen LogP contribution in [0.5, 0.6) is 0 Å². The van der Waals surface area contributed by atoms with Gasteiger partial charge in [-0.2, -0.15) is 0 Å². The minimum atomic E-state index is -2.26. The topological polar surface area (TPSA) is 25.8 Å². The van der Waals surface area contributed by atoms with E-state index >= 15 is 0 Å². The third-order valence-corrected chi connectivity index (χ3v) is 31.8. The number of aryl methyl sites for hydroxylation is 2. The number of thiazole rings is 2. The van der Waals surface area contributed by atoms with Crippen molar-refractivity contribution in [1.29, 1.82) is 0 Å². The quantitative estimate of drug-likeness (QED) is 0.0526. The SMILES string of the molecule is CCCCCCCCCCCCCCCCc1nc(-c2nc(CCCCCCCCCCCCCCCC)[c]([Sn]([CH3])([CH3])[CH3])s2)s[c]1[Sn]([CH3])([CH3])[CH3]. The first kappa shape index (κ1) is 47.0. The fraction of sp³-hybridized carbons (Fsp3) is 0.864. The van der Waals surface area contributed by atoms with E-state index in [0.717, 1.165) is 0 Å². The summed E-state index contributed by atoms with van der Waals surface area (Å²) in [7, 11) is 0. The molecule has 0 aromatic carbocycles. The third kappa shape index (κ3) is 21.1. The zero-order valence-corrected chi connectivity index (χ0v) is 42.3. The fourth-order valence-electron chi connectivity index (χ4n) is 7.37. The van der Waals surface area contributed by atoms with E-state index in [4.69, 9.17) is 9.97 Å². The molecule has 290 valence electrons. The molecule has 0 radical (unpaired) electrons. The predicted molar refractivity (Wildman–Crippen MR) is 237 cm³/mol. The number of unbranched alkanes of at least 4 members (excludes halogenated alkanes) is 26. The van der Waals surface area contributed by atoms with E-state index in [1.165, 1.54) is 214 Å². The predicted octanol–water partition coefficient (Wildman–Crippen LogP) is 15.4. The number of rotatable bonds is 33. The molecule has 0 atom stereocenters. The zero-order valence-electron chi connectivity index (χ0n) is 34.9. The van der Waals surface area contributed by atoms with Crippen molar-refractivity contribution in [2.75, 3.05) is 0 Å². The molecule has 50 heavy (non-hydrogen) atoms. The van der Waals surface area contributed by atoms with Gasteiger partial charge in [0.2, 0.25) is 0 Å². The molecule has 2 rings (SSSR count). The molecule has 2 nitrogen and oxygen atoms in total. The normalized spacial score (nSPS) is 12.4. The van der Waals surface area contributed by atoms with Gasteiger partial charge < -0.3 is 0 Å². The molecule has 0 N–H and O–H groups in total. The van der Waals surface area contributed by atoms with Gasteiger partial charge in [-0.25, -0.2) is 0 Å². The molecule has 0 fully saturated rings. The van der Waals surface area contributed by atoms with Crippen molar-refractivity contribution in [3.63, 3.8) is 0 Å². The Bertz CT molecular complexity index is 1010. The van der Waals surface area contributed by atoms with Crippen LogP contribution in [0.3, 0.4) is 0 Å². The molecule has 0 bridgehead atoms. The van der Waals surface area contributed by atoms with Crippen molar-refractivity contribution in [2.24, 2.45) is 0 Å². The molecule has 2 aromatic heterocycles. The molecular formula is C44H84N2S2Sn2. The third-order valence-electron chi connectivity index (χ3n) is 10.5. The summed E-state index contributed by atoms with van der Waals surface area (Å²) in [5.74, 6) is 0. The molecule has 0 unspecified atom stereocenters. The summed E-state index contributed by atoms with van der Waals surface area (Å²) in [6, 6.07) is 0. The average molecular weight is 943 g/mol. The van der Waals surface area contributed by atoms with Gasteiger partial charge in [-0.05, 0) is 0 Å². The standard InChI is InChI=1S/C38H66N2S2.6CH3.2Sn/c1-3-5-7-9-11-13-15-17-19-21-23-25-27-29-31-35-33-41-37(39-35)38-40-36(34-42-38)32-30-28-26-24-22-20-18-16-14-12-10-8-6-4-2;;;;;;;;/h3-32H2,1-2H3;6*1H3;;. The second-order valence-electron chi connectivity index (χ2n) is 17.8. The Balaban J connectivity index is 1.76. The summed E-state index contributed by atoms with van der Waals surface area (Å²) in [6.07, 6.45) is 42.2. The van der Waals surface area contributed by atoms with Crippen molar-refractivity contribution in [3.05, 3.63) is 11.4 Å². The maximum atomic E-state index is 5.40. The molecule has 2 heterocycles. The number of hydrogen-bond acceptors (Lipinski definition) is 4. The molecule has 0 amide bonds. The van der Waals surface area contributed by atoms with Crippen LogP contribution in [0.15, 0.2) is 0 Å². The van der Waals surface area contributed by atoms with Gasteiger partial charge in [0.25, 0.3) is 0 Å². The van der Waals surface area contributed by atoms with Gasteiger partial charge in [-0.1, -0.05) is 78.1 Å². The summed E-state index contributed by atoms with van der Waals surface area (Å²) >= 11 is -0.441. The Hall–Kier alpha value is 0.857. The number of aromatic nitrogens is 2. The average Bonchev–Trinajstić information content (AvgIpc) is 3.70. The maximum absolute atomic E-state index is 5.40. The van der Waals surface area contributed by atoms with Crippen LogP contribution >= 0.6 is 22.7 Å². The molecule has 0 spiro atoms.